The highest BCUT2D eigenvalue weighted by Gasteiger charge is 2.16. The molecule has 2 N–H and O–H groups in total. The molecule has 0 spiro atoms. The Morgan fingerprint density at radius 3 is 2.28 bits per heavy atom. The van der Waals surface area contributed by atoms with Gasteiger partial charge in [-0.2, -0.15) is 0 Å². The number of rotatable bonds is 5. The van der Waals surface area contributed by atoms with E-state index in [4.69, 9.17) is 13.9 Å². The molecule has 0 unspecified atom stereocenters. The molecule has 0 atom stereocenters. The maximum absolute atomic E-state index is 12.2. The minimum absolute atomic E-state index is 0.0190. The molecule has 25 heavy (non-hydrogen) atoms. The second kappa shape index (κ2) is 7.74. The molecule has 1 heterocycles. The molecule has 134 valence electrons. The predicted octanol–water partition coefficient (Wildman–Crippen LogP) is 2.77. The number of carbonyl (C=O) groups is 2. The van der Waals surface area contributed by atoms with Crippen molar-refractivity contribution in [3.05, 3.63) is 46.9 Å². The van der Waals surface area contributed by atoms with E-state index < -0.39 is 11.8 Å². The summed E-state index contributed by atoms with van der Waals surface area (Å²) in [5.74, 6) is 1.17. The van der Waals surface area contributed by atoms with Gasteiger partial charge in [0.25, 0.3) is 11.8 Å². The number of aryl methyl sites for hydroxylation is 2. The van der Waals surface area contributed by atoms with Crippen LogP contribution in [0.4, 0.5) is 0 Å². The van der Waals surface area contributed by atoms with E-state index in [0.29, 0.717) is 34.1 Å². The lowest BCUT2D eigenvalue weighted by Gasteiger charge is -2.14. The predicted molar refractivity (Wildman–Crippen MR) is 91.9 cm³/mol. The SMILES string of the molecule is COc1cc(C(=O)NNC(=O)c2cc(C)oc2C)ccc1OC(C)C. The molecule has 2 rings (SSSR count). The van der Waals surface area contributed by atoms with Crippen LogP contribution in [0, 0.1) is 13.8 Å². The van der Waals surface area contributed by atoms with Gasteiger partial charge in [-0.3, -0.25) is 20.4 Å². The van der Waals surface area contributed by atoms with Crippen LogP contribution in [-0.2, 0) is 0 Å². The number of hydrogen-bond acceptors (Lipinski definition) is 5. The van der Waals surface area contributed by atoms with E-state index in [1.165, 1.54) is 7.11 Å². The van der Waals surface area contributed by atoms with E-state index in [2.05, 4.69) is 10.9 Å². The van der Waals surface area contributed by atoms with Crippen molar-refractivity contribution in [1.82, 2.24) is 10.9 Å². The van der Waals surface area contributed by atoms with Gasteiger partial charge in [-0.1, -0.05) is 0 Å². The van der Waals surface area contributed by atoms with Gasteiger partial charge in [-0.05, 0) is 52.0 Å². The Hall–Kier alpha value is -2.96. The summed E-state index contributed by atoms with van der Waals surface area (Å²) >= 11 is 0. The molecule has 0 radical (unpaired) electrons. The number of methoxy groups -OCH3 is 1. The van der Waals surface area contributed by atoms with Gasteiger partial charge in [0.05, 0.1) is 18.8 Å². The first-order valence-corrected chi connectivity index (χ1v) is 7.84. The van der Waals surface area contributed by atoms with Gasteiger partial charge in [-0.15, -0.1) is 0 Å². The third-order valence-corrected chi connectivity index (χ3v) is 3.36. The van der Waals surface area contributed by atoms with Gasteiger partial charge in [0.1, 0.15) is 11.5 Å². The van der Waals surface area contributed by atoms with E-state index in [1.807, 2.05) is 13.8 Å². The topological polar surface area (TPSA) is 89.8 Å². The zero-order valence-corrected chi connectivity index (χ0v) is 14.9. The van der Waals surface area contributed by atoms with Gasteiger partial charge in [0.2, 0.25) is 0 Å². The number of ether oxygens (including phenoxy) is 2. The monoisotopic (exact) mass is 346 g/mol. The summed E-state index contributed by atoms with van der Waals surface area (Å²) in [6, 6.07) is 6.40. The summed E-state index contributed by atoms with van der Waals surface area (Å²) in [7, 11) is 1.50. The summed E-state index contributed by atoms with van der Waals surface area (Å²) < 4.78 is 16.1. The second-order valence-electron chi connectivity index (χ2n) is 5.77. The Balaban J connectivity index is 2.05. The van der Waals surface area contributed by atoms with E-state index in [9.17, 15) is 9.59 Å². The average molecular weight is 346 g/mol. The minimum Gasteiger partial charge on any atom is -0.493 e. The van der Waals surface area contributed by atoms with Gasteiger partial charge in [0, 0.05) is 5.56 Å². The molecule has 0 saturated carbocycles. The second-order valence-corrected chi connectivity index (χ2v) is 5.77. The number of nitrogens with one attached hydrogen (secondary N) is 2. The van der Waals surface area contributed by atoms with Crippen molar-refractivity contribution < 1.29 is 23.5 Å². The van der Waals surface area contributed by atoms with Crippen LogP contribution in [0.1, 0.15) is 46.1 Å². The van der Waals surface area contributed by atoms with Gasteiger partial charge in [-0.25, -0.2) is 0 Å². The smallest absolute Gasteiger partial charge is 0.273 e. The van der Waals surface area contributed by atoms with E-state index in [-0.39, 0.29) is 6.10 Å². The van der Waals surface area contributed by atoms with Crippen molar-refractivity contribution in [2.24, 2.45) is 0 Å². The molecule has 0 aliphatic carbocycles. The Kier molecular flexibility index (Phi) is 5.69. The Morgan fingerprint density at radius 2 is 1.72 bits per heavy atom. The highest BCUT2D eigenvalue weighted by molar-refractivity contribution is 5.99. The van der Waals surface area contributed by atoms with Crippen LogP contribution in [-0.4, -0.2) is 25.0 Å². The van der Waals surface area contributed by atoms with Crippen molar-refractivity contribution in [3.63, 3.8) is 0 Å². The van der Waals surface area contributed by atoms with Crippen molar-refractivity contribution in [2.45, 2.75) is 33.8 Å². The van der Waals surface area contributed by atoms with Crippen molar-refractivity contribution >= 4 is 11.8 Å². The van der Waals surface area contributed by atoms with Crippen LogP contribution in [0.25, 0.3) is 0 Å². The van der Waals surface area contributed by atoms with Crippen molar-refractivity contribution in [3.8, 4) is 11.5 Å². The molecular formula is C18H22N2O5. The Labute approximate surface area is 146 Å². The summed E-state index contributed by atoms with van der Waals surface area (Å²) in [5.41, 5.74) is 5.43. The fraction of sp³-hybridized carbons (Fsp3) is 0.333. The lowest BCUT2D eigenvalue weighted by molar-refractivity contribution is 0.0845. The van der Waals surface area contributed by atoms with Crippen LogP contribution in [0.3, 0.4) is 0 Å². The summed E-state index contributed by atoms with van der Waals surface area (Å²) in [5, 5.41) is 0. The van der Waals surface area contributed by atoms with E-state index in [1.54, 1.807) is 38.1 Å². The zero-order valence-electron chi connectivity index (χ0n) is 14.9. The van der Waals surface area contributed by atoms with E-state index in [0.717, 1.165) is 0 Å². The van der Waals surface area contributed by atoms with Crippen LogP contribution < -0.4 is 20.3 Å². The molecule has 0 fully saturated rings. The first-order chi connectivity index (χ1) is 11.8. The first-order valence-electron chi connectivity index (χ1n) is 7.84. The van der Waals surface area contributed by atoms with Gasteiger partial charge >= 0.3 is 0 Å². The number of benzene rings is 1. The van der Waals surface area contributed by atoms with E-state index >= 15 is 0 Å². The van der Waals surface area contributed by atoms with Crippen molar-refractivity contribution in [1.29, 1.82) is 0 Å². The lowest BCUT2D eigenvalue weighted by atomic mass is 10.2. The molecule has 1 aromatic carbocycles. The number of furan rings is 1. The molecule has 1 aromatic heterocycles. The fourth-order valence-electron chi connectivity index (χ4n) is 2.27. The van der Waals surface area contributed by atoms with Crippen LogP contribution in [0.15, 0.2) is 28.7 Å². The number of carbonyl (C=O) groups excluding carboxylic acids is 2. The average Bonchev–Trinajstić information content (AvgIpc) is 2.90. The molecule has 7 nitrogen and oxygen atoms in total. The van der Waals surface area contributed by atoms with Crippen LogP contribution in [0.5, 0.6) is 11.5 Å². The maximum Gasteiger partial charge on any atom is 0.273 e. The highest BCUT2D eigenvalue weighted by atomic mass is 16.5. The third-order valence-electron chi connectivity index (χ3n) is 3.36. The third kappa shape index (κ3) is 4.53. The fourth-order valence-corrected chi connectivity index (χ4v) is 2.27. The quantitative estimate of drug-likeness (QED) is 0.813. The highest BCUT2D eigenvalue weighted by Crippen LogP contribution is 2.28. The molecule has 0 saturated heterocycles. The maximum atomic E-state index is 12.2. The first kappa shape index (κ1) is 18.4. The summed E-state index contributed by atoms with van der Waals surface area (Å²) in [4.78, 5) is 24.3. The summed E-state index contributed by atoms with van der Waals surface area (Å²) in [6.45, 7) is 7.22. The number of hydrogen-bond donors (Lipinski definition) is 2. The molecule has 0 aliphatic rings. The van der Waals surface area contributed by atoms with Crippen LogP contribution >= 0.6 is 0 Å². The van der Waals surface area contributed by atoms with Gasteiger partial charge in [0.15, 0.2) is 11.5 Å². The summed E-state index contributed by atoms with van der Waals surface area (Å²) in [6.07, 6.45) is -0.0190. The molecular weight excluding hydrogens is 324 g/mol. The van der Waals surface area contributed by atoms with Gasteiger partial charge < -0.3 is 13.9 Å². The minimum atomic E-state index is -0.472. The molecule has 2 aromatic rings. The number of amides is 2. The molecule has 7 heteroatoms. The normalized spacial score (nSPS) is 10.5. The lowest BCUT2D eigenvalue weighted by Crippen LogP contribution is -2.41. The largest absolute Gasteiger partial charge is 0.493 e. The van der Waals surface area contributed by atoms with Crippen molar-refractivity contribution in [2.75, 3.05) is 7.11 Å². The Bertz CT molecular complexity index is 780. The zero-order chi connectivity index (χ0) is 18.6. The standard InChI is InChI=1S/C18H22N2O5/c1-10(2)24-15-7-6-13(9-16(15)23-5)17(21)19-20-18(22)14-8-11(3)25-12(14)4/h6-10H,1-5H3,(H,19,21)(H,20,22). The Morgan fingerprint density at radius 1 is 1.04 bits per heavy atom. The molecule has 2 amide bonds. The molecule has 0 aliphatic heterocycles. The van der Waals surface area contributed by atoms with Crippen LogP contribution in [0.2, 0.25) is 0 Å². The number of hydrazine groups is 1. The molecule has 0 bridgehead atoms.